The summed E-state index contributed by atoms with van der Waals surface area (Å²) in [6, 6.07) is 6.30. The Morgan fingerprint density at radius 1 is 1.35 bits per heavy atom. The number of hydrogen-bond donors (Lipinski definition) is 2. The van der Waals surface area contributed by atoms with Gasteiger partial charge in [0.05, 0.1) is 23.7 Å². The molecule has 2 N–H and O–H groups in total. The molecule has 0 aliphatic heterocycles. The van der Waals surface area contributed by atoms with Gasteiger partial charge in [0.15, 0.2) is 0 Å². The Kier molecular flexibility index (Phi) is 5.20. The first-order valence-corrected chi connectivity index (χ1v) is 7.10. The van der Waals surface area contributed by atoms with Crippen LogP contribution in [0, 0.1) is 5.82 Å². The summed E-state index contributed by atoms with van der Waals surface area (Å²) >= 11 is 1.48. The Bertz CT molecular complexity index is 569. The van der Waals surface area contributed by atoms with Crippen LogP contribution in [0.2, 0.25) is 0 Å². The Labute approximate surface area is 120 Å². The third kappa shape index (κ3) is 4.40. The van der Waals surface area contributed by atoms with E-state index in [-0.39, 0.29) is 31.3 Å². The number of halogens is 1. The van der Waals surface area contributed by atoms with Gasteiger partial charge in [-0.05, 0) is 17.7 Å². The summed E-state index contributed by atoms with van der Waals surface area (Å²) in [5.74, 6) is -0.410. The molecule has 0 radical (unpaired) electrons. The van der Waals surface area contributed by atoms with Crippen molar-refractivity contribution in [1.82, 2.24) is 10.3 Å². The number of aliphatic hydroxyl groups is 1. The number of carbonyl (C=O) groups excluding carboxylic acids is 1. The van der Waals surface area contributed by atoms with Crippen LogP contribution in [-0.2, 0) is 17.6 Å². The van der Waals surface area contributed by atoms with Crippen LogP contribution in [0.5, 0.6) is 0 Å². The van der Waals surface area contributed by atoms with Crippen molar-refractivity contribution in [2.45, 2.75) is 12.8 Å². The van der Waals surface area contributed by atoms with E-state index in [1.807, 2.05) is 5.38 Å². The normalized spacial score (nSPS) is 10.5. The lowest BCUT2D eigenvalue weighted by molar-refractivity contribution is -0.120. The fourth-order valence-electron chi connectivity index (χ4n) is 1.71. The highest BCUT2D eigenvalue weighted by Crippen LogP contribution is 2.15. The zero-order valence-corrected chi connectivity index (χ0v) is 11.6. The number of aliphatic hydroxyl groups excluding tert-OH is 1. The molecule has 4 nitrogen and oxygen atoms in total. The summed E-state index contributed by atoms with van der Waals surface area (Å²) in [6.45, 7) is 0.185. The molecule has 2 rings (SSSR count). The minimum Gasteiger partial charge on any atom is -0.395 e. The minimum absolute atomic E-state index is 0.0708. The first kappa shape index (κ1) is 14.6. The number of amides is 1. The monoisotopic (exact) mass is 294 g/mol. The van der Waals surface area contributed by atoms with E-state index in [0.29, 0.717) is 12.1 Å². The van der Waals surface area contributed by atoms with Gasteiger partial charge in [-0.25, -0.2) is 9.37 Å². The second kappa shape index (κ2) is 7.12. The molecule has 2 aromatic rings. The van der Waals surface area contributed by atoms with E-state index in [9.17, 15) is 9.18 Å². The second-order valence-electron chi connectivity index (χ2n) is 4.29. The van der Waals surface area contributed by atoms with Gasteiger partial charge in [-0.3, -0.25) is 4.79 Å². The molecular weight excluding hydrogens is 279 g/mol. The summed E-state index contributed by atoms with van der Waals surface area (Å²) < 4.78 is 12.8. The molecule has 6 heteroatoms. The van der Waals surface area contributed by atoms with Crippen molar-refractivity contribution in [1.29, 1.82) is 0 Å². The number of nitrogens with one attached hydrogen (secondary N) is 1. The molecule has 0 saturated carbocycles. The zero-order valence-electron chi connectivity index (χ0n) is 10.8. The number of rotatable bonds is 6. The van der Waals surface area contributed by atoms with Crippen molar-refractivity contribution >= 4 is 17.2 Å². The summed E-state index contributed by atoms with van der Waals surface area (Å²) in [7, 11) is 0. The highest BCUT2D eigenvalue weighted by Gasteiger charge is 2.08. The summed E-state index contributed by atoms with van der Waals surface area (Å²) in [6.07, 6.45) is 0.836. The van der Waals surface area contributed by atoms with Crippen LogP contribution in [0.25, 0.3) is 0 Å². The molecule has 20 heavy (non-hydrogen) atoms. The molecule has 0 fully saturated rings. The van der Waals surface area contributed by atoms with E-state index >= 15 is 0 Å². The van der Waals surface area contributed by atoms with Gasteiger partial charge in [0.1, 0.15) is 5.82 Å². The van der Waals surface area contributed by atoms with Gasteiger partial charge in [-0.15, -0.1) is 11.3 Å². The molecule has 0 saturated heterocycles. The van der Waals surface area contributed by atoms with Gasteiger partial charge in [0.25, 0.3) is 0 Å². The molecule has 106 valence electrons. The number of aromatic nitrogens is 1. The van der Waals surface area contributed by atoms with Gasteiger partial charge in [-0.2, -0.15) is 0 Å². The lowest BCUT2D eigenvalue weighted by Gasteiger charge is -2.00. The van der Waals surface area contributed by atoms with E-state index in [0.717, 1.165) is 10.6 Å². The van der Waals surface area contributed by atoms with Crippen LogP contribution < -0.4 is 5.32 Å². The number of hydrogen-bond acceptors (Lipinski definition) is 4. The Morgan fingerprint density at radius 2 is 2.10 bits per heavy atom. The summed E-state index contributed by atoms with van der Waals surface area (Å²) in [5, 5.41) is 13.9. The maximum absolute atomic E-state index is 12.8. The predicted octanol–water partition coefficient (Wildman–Crippen LogP) is 1.52. The largest absolute Gasteiger partial charge is 0.395 e. The molecule has 1 aromatic heterocycles. The molecular formula is C14H15FN2O2S. The van der Waals surface area contributed by atoms with Crippen molar-refractivity contribution in [3.05, 3.63) is 51.7 Å². The predicted molar refractivity (Wildman–Crippen MR) is 75.1 cm³/mol. The van der Waals surface area contributed by atoms with Gasteiger partial charge in [0, 0.05) is 18.3 Å². The average Bonchev–Trinajstić information content (AvgIpc) is 2.86. The molecule has 0 aliphatic rings. The number of carbonyl (C=O) groups is 1. The lowest BCUT2D eigenvalue weighted by atomic mass is 10.1. The molecule has 1 heterocycles. The molecule has 0 aliphatic carbocycles. The van der Waals surface area contributed by atoms with Gasteiger partial charge in [0.2, 0.25) is 5.91 Å². The third-order valence-electron chi connectivity index (χ3n) is 2.64. The lowest BCUT2D eigenvalue weighted by Crippen LogP contribution is -2.27. The van der Waals surface area contributed by atoms with Gasteiger partial charge >= 0.3 is 0 Å². The van der Waals surface area contributed by atoms with E-state index in [1.165, 1.54) is 23.5 Å². The van der Waals surface area contributed by atoms with E-state index in [2.05, 4.69) is 10.3 Å². The Morgan fingerprint density at radius 3 is 2.80 bits per heavy atom. The zero-order chi connectivity index (χ0) is 14.4. The van der Waals surface area contributed by atoms with Crippen LogP contribution in [0.4, 0.5) is 4.39 Å². The smallest absolute Gasteiger partial charge is 0.226 e. The van der Waals surface area contributed by atoms with Crippen LogP contribution in [-0.4, -0.2) is 29.1 Å². The van der Waals surface area contributed by atoms with Crippen LogP contribution >= 0.6 is 11.3 Å². The first-order valence-electron chi connectivity index (χ1n) is 6.22. The highest BCUT2D eigenvalue weighted by molar-refractivity contribution is 7.09. The number of nitrogens with zero attached hydrogens (tertiary/aromatic N) is 1. The average molecular weight is 294 g/mol. The highest BCUT2D eigenvalue weighted by atomic mass is 32.1. The minimum atomic E-state index is -0.255. The summed E-state index contributed by atoms with van der Waals surface area (Å²) in [4.78, 5) is 15.9. The van der Waals surface area contributed by atoms with Gasteiger partial charge < -0.3 is 10.4 Å². The Hall–Kier alpha value is -1.79. The molecule has 0 unspecified atom stereocenters. The second-order valence-corrected chi connectivity index (χ2v) is 5.23. The quantitative estimate of drug-likeness (QED) is 0.849. The molecule has 1 amide bonds. The van der Waals surface area contributed by atoms with Crippen molar-refractivity contribution < 1.29 is 14.3 Å². The number of benzene rings is 1. The molecule has 1 aromatic carbocycles. The third-order valence-corrected chi connectivity index (χ3v) is 3.54. The molecule has 0 spiro atoms. The fourth-order valence-corrected chi connectivity index (χ4v) is 2.54. The van der Waals surface area contributed by atoms with E-state index < -0.39 is 0 Å². The van der Waals surface area contributed by atoms with Crippen molar-refractivity contribution in [3.63, 3.8) is 0 Å². The van der Waals surface area contributed by atoms with Crippen molar-refractivity contribution in [2.75, 3.05) is 13.2 Å². The van der Waals surface area contributed by atoms with Crippen LogP contribution in [0.3, 0.4) is 0 Å². The molecule has 0 atom stereocenters. The summed E-state index contributed by atoms with van der Waals surface area (Å²) in [5.41, 5.74) is 1.69. The van der Waals surface area contributed by atoms with Gasteiger partial charge in [-0.1, -0.05) is 12.1 Å². The van der Waals surface area contributed by atoms with Crippen molar-refractivity contribution in [2.24, 2.45) is 0 Å². The maximum Gasteiger partial charge on any atom is 0.226 e. The van der Waals surface area contributed by atoms with Crippen LogP contribution in [0.15, 0.2) is 29.6 Å². The Balaban J connectivity index is 1.91. The van der Waals surface area contributed by atoms with E-state index in [4.69, 9.17) is 5.11 Å². The SMILES string of the molecule is O=C(Cc1csc(Cc2ccc(F)cc2)n1)NCCO. The van der Waals surface area contributed by atoms with Crippen molar-refractivity contribution in [3.8, 4) is 0 Å². The van der Waals surface area contributed by atoms with E-state index in [1.54, 1.807) is 12.1 Å². The standard InChI is InChI=1S/C14H15FN2O2S/c15-11-3-1-10(2-4-11)7-14-17-12(9-20-14)8-13(19)16-5-6-18/h1-4,9,18H,5-8H2,(H,16,19). The maximum atomic E-state index is 12.8. The first-order chi connectivity index (χ1) is 9.67. The molecule has 0 bridgehead atoms. The number of thiazole rings is 1. The van der Waals surface area contributed by atoms with Crippen LogP contribution in [0.1, 0.15) is 16.3 Å². The topological polar surface area (TPSA) is 62.2 Å². The fraction of sp³-hybridized carbons (Fsp3) is 0.286.